The maximum absolute atomic E-state index is 12.4. The van der Waals surface area contributed by atoms with Crippen LogP contribution >= 0.6 is 0 Å². The van der Waals surface area contributed by atoms with Crippen molar-refractivity contribution in [2.75, 3.05) is 24.3 Å². The fourth-order valence-corrected chi connectivity index (χ4v) is 2.56. The van der Waals surface area contributed by atoms with Gasteiger partial charge in [-0.3, -0.25) is 4.79 Å². The zero-order valence-corrected chi connectivity index (χ0v) is 15.3. The molecule has 0 bridgehead atoms. The molecule has 0 aliphatic rings. The summed E-state index contributed by atoms with van der Waals surface area (Å²) in [6.45, 7) is 0.620. The predicted octanol–water partition coefficient (Wildman–Crippen LogP) is 3.26. The molecule has 0 saturated carbocycles. The number of hydrogen-bond acceptors (Lipinski definition) is 6. The number of benzene rings is 2. The summed E-state index contributed by atoms with van der Waals surface area (Å²) in [5, 5.41) is 14.9. The first-order valence-electron chi connectivity index (χ1n) is 8.70. The SMILES string of the molecule is COc1ccc(CCNc2nccc(C(=O)Nc3ccccc3C#N)n2)cc1. The lowest BCUT2D eigenvalue weighted by Gasteiger charge is -2.08. The normalized spacial score (nSPS) is 10.0. The molecule has 0 unspecified atom stereocenters. The van der Waals surface area contributed by atoms with Gasteiger partial charge in [-0.25, -0.2) is 9.97 Å². The Labute approximate surface area is 163 Å². The number of methoxy groups -OCH3 is 1. The minimum absolute atomic E-state index is 0.217. The van der Waals surface area contributed by atoms with Gasteiger partial charge in [0.05, 0.1) is 18.4 Å². The summed E-state index contributed by atoms with van der Waals surface area (Å²) in [6.07, 6.45) is 2.30. The molecule has 3 rings (SSSR count). The zero-order chi connectivity index (χ0) is 19.8. The smallest absolute Gasteiger partial charge is 0.274 e. The molecule has 1 aromatic heterocycles. The van der Waals surface area contributed by atoms with Crippen molar-refractivity contribution in [1.82, 2.24) is 9.97 Å². The van der Waals surface area contributed by atoms with Crippen molar-refractivity contribution >= 4 is 17.5 Å². The van der Waals surface area contributed by atoms with E-state index in [0.29, 0.717) is 23.7 Å². The van der Waals surface area contributed by atoms with Gasteiger partial charge in [0.1, 0.15) is 17.5 Å². The van der Waals surface area contributed by atoms with Gasteiger partial charge in [-0.05, 0) is 42.3 Å². The number of rotatable bonds is 7. The van der Waals surface area contributed by atoms with Crippen molar-refractivity contribution in [2.24, 2.45) is 0 Å². The number of aromatic nitrogens is 2. The second-order valence-electron chi connectivity index (χ2n) is 5.90. The molecule has 1 heterocycles. The number of anilines is 2. The van der Waals surface area contributed by atoms with Gasteiger partial charge in [0.25, 0.3) is 5.91 Å². The number of nitrogens with one attached hydrogen (secondary N) is 2. The first kappa shape index (κ1) is 18.9. The molecule has 140 valence electrons. The van der Waals surface area contributed by atoms with E-state index in [1.54, 1.807) is 31.4 Å². The van der Waals surface area contributed by atoms with Gasteiger partial charge in [0, 0.05) is 12.7 Å². The number of carbonyl (C=O) groups is 1. The Bertz CT molecular complexity index is 996. The van der Waals surface area contributed by atoms with E-state index in [1.807, 2.05) is 30.3 Å². The Kier molecular flexibility index (Phi) is 6.16. The van der Waals surface area contributed by atoms with Gasteiger partial charge < -0.3 is 15.4 Å². The van der Waals surface area contributed by atoms with Crippen LogP contribution < -0.4 is 15.4 Å². The lowest BCUT2D eigenvalue weighted by molar-refractivity contribution is 0.102. The van der Waals surface area contributed by atoms with Crippen LogP contribution in [0.1, 0.15) is 21.6 Å². The van der Waals surface area contributed by atoms with E-state index in [4.69, 9.17) is 10.00 Å². The average Bonchev–Trinajstić information content (AvgIpc) is 2.75. The minimum atomic E-state index is -0.400. The summed E-state index contributed by atoms with van der Waals surface area (Å²) < 4.78 is 5.14. The topological polar surface area (TPSA) is 99.9 Å². The predicted molar refractivity (Wildman–Crippen MR) is 106 cm³/mol. The average molecular weight is 373 g/mol. The van der Waals surface area contributed by atoms with Gasteiger partial charge in [0.2, 0.25) is 5.95 Å². The lowest BCUT2D eigenvalue weighted by Crippen LogP contribution is -2.16. The highest BCUT2D eigenvalue weighted by Gasteiger charge is 2.11. The molecule has 7 nitrogen and oxygen atoms in total. The molecular formula is C21H19N5O2. The van der Waals surface area contributed by atoms with Gasteiger partial charge in [-0.1, -0.05) is 24.3 Å². The van der Waals surface area contributed by atoms with Gasteiger partial charge in [0.15, 0.2) is 0 Å². The summed E-state index contributed by atoms with van der Waals surface area (Å²) in [7, 11) is 1.63. The molecule has 0 fully saturated rings. The molecular weight excluding hydrogens is 354 g/mol. The summed E-state index contributed by atoms with van der Waals surface area (Å²) in [5.41, 5.74) is 2.20. The summed E-state index contributed by atoms with van der Waals surface area (Å²) >= 11 is 0. The Morgan fingerprint density at radius 1 is 1.14 bits per heavy atom. The number of amides is 1. The number of carbonyl (C=O) groups excluding carboxylic acids is 1. The Balaban J connectivity index is 1.60. The van der Waals surface area contributed by atoms with Crippen molar-refractivity contribution in [3.63, 3.8) is 0 Å². The van der Waals surface area contributed by atoms with Crippen LogP contribution in [0, 0.1) is 11.3 Å². The van der Waals surface area contributed by atoms with E-state index < -0.39 is 5.91 Å². The molecule has 7 heteroatoms. The third-order valence-corrected chi connectivity index (χ3v) is 4.04. The van der Waals surface area contributed by atoms with E-state index in [9.17, 15) is 4.79 Å². The third-order valence-electron chi connectivity index (χ3n) is 4.04. The number of nitriles is 1. The Morgan fingerprint density at radius 3 is 2.68 bits per heavy atom. The fourth-order valence-electron chi connectivity index (χ4n) is 2.56. The van der Waals surface area contributed by atoms with Crippen LogP contribution in [0.3, 0.4) is 0 Å². The van der Waals surface area contributed by atoms with Gasteiger partial charge in [-0.15, -0.1) is 0 Å². The zero-order valence-electron chi connectivity index (χ0n) is 15.3. The summed E-state index contributed by atoms with van der Waals surface area (Å²) in [4.78, 5) is 20.8. The van der Waals surface area contributed by atoms with Crippen LogP contribution in [0.25, 0.3) is 0 Å². The van der Waals surface area contributed by atoms with Crippen molar-refractivity contribution in [3.05, 3.63) is 77.6 Å². The molecule has 3 aromatic rings. The van der Waals surface area contributed by atoms with Crippen molar-refractivity contribution in [1.29, 1.82) is 5.26 Å². The third kappa shape index (κ3) is 4.83. The van der Waals surface area contributed by atoms with Gasteiger partial charge in [-0.2, -0.15) is 5.26 Å². The Morgan fingerprint density at radius 2 is 1.93 bits per heavy atom. The second-order valence-corrected chi connectivity index (χ2v) is 5.90. The molecule has 2 aromatic carbocycles. The first-order chi connectivity index (χ1) is 13.7. The first-order valence-corrected chi connectivity index (χ1v) is 8.70. The van der Waals surface area contributed by atoms with Crippen LogP contribution in [0.15, 0.2) is 60.8 Å². The maximum atomic E-state index is 12.4. The molecule has 28 heavy (non-hydrogen) atoms. The molecule has 0 atom stereocenters. The fraction of sp³-hybridized carbons (Fsp3) is 0.143. The minimum Gasteiger partial charge on any atom is -0.497 e. The highest BCUT2D eigenvalue weighted by molar-refractivity contribution is 6.03. The lowest BCUT2D eigenvalue weighted by atomic mass is 10.1. The summed E-state index contributed by atoms with van der Waals surface area (Å²) in [6, 6.07) is 18.2. The number of nitrogens with zero attached hydrogens (tertiary/aromatic N) is 3. The van der Waals surface area contributed by atoms with E-state index in [1.165, 1.54) is 12.3 Å². The summed E-state index contributed by atoms with van der Waals surface area (Å²) in [5.74, 6) is 0.787. The number of ether oxygens (including phenoxy) is 1. The van der Waals surface area contributed by atoms with Crippen molar-refractivity contribution in [3.8, 4) is 11.8 Å². The van der Waals surface area contributed by atoms with E-state index in [-0.39, 0.29) is 5.69 Å². The standard InChI is InChI=1S/C21H19N5O2/c1-28-17-8-6-15(7-9-17)10-12-23-21-24-13-11-19(26-21)20(27)25-18-5-3-2-4-16(18)14-22/h2-9,11,13H,10,12H2,1H3,(H,25,27)(H,23,24,26). The van der Waals surface area contributed by atoms with Crippen LogP contribution in [-0.2, 0) is 6.42 Å². The Hall–Kier alpha value is -3.92. The van der Waals surface area contributed by atoms with Crippen molar-refractivity contribution < 1.29 is 9.53 Å². The molecule has 0 spiro atoms. The molecule has 2 N–H and O–H groups in total. The molecule has 0 saturated heterocycles. The van der Waals surface area contributed by atoms with Crippen LogP contribution in [0.4, 0.5) is 11.6 Å². The molecule has 0 aliphatic carbocycles. The number of hydrogen-bond donors (Lipinski definition) is 2. The monoisotopic (exact) mass is 373 g/mol. The quantitative estimate of drug-likeness (QED) is 0.659. The van der Waals surface area contributed by atoms with E-state index in [0.717, 1.165) is 17.7 Å². The molecule has 1 amide bonds. The van der Waals surface area contributed by atoms with E-state index in [2.05, 4.69) is 20.6 Å². The van der Waals surface area contributed by atoms with Crippen molar-refractivity contribution in [2.45, 2.75) is 6.42 Å². The van der Waals surface area contributed by atoms with Crippen LogP contribution in [0.5, 0.6) is 5.75 Å². The van der Waals surface area contributed by atoms with Crippen LogP contribution in [-0.4, -0.2) is 29.5 Å². The second kappa shape index (κ2) is 9.14. The highest BCUT2D eigenvalue weighted by Crippen LogP contribution is 2.15. The van der Waals surface area contributed by atoms with Gasteiger partial charge >= 0.3 is 0 Å². The number of para-hydroxylation sites is 1. The molecule has 0 aliphatic heterocycles. The highest BCUT2D eigenvalue weighted by atomic mass is 16.5. The maximum Gasteiger partial charge on any atom is 0.274 e. The van der Waals surface area contributed by atoms with E-state index >= 15 is 0 Å². The van der Waals surface area contributed by atoms with Crippen LogP contribution in [0.2, 0.25) is 0 Å². The molecule has 0 radical (unpaired) electrons. The largest absolute Gasteiger partial charge is 0.497 e.